The van der Waals surface area contributed by atoms with E-state index in [2.05, 4.69) is 0 Å². The molecule has 3 N–H and O–H groups in total. The predicted octanol–water partition coefficient (Wildman–Crippen LogP) is 0.341. The highest BCUT2D eigenvalue weighted by Crippen LogP contribution is 2.41. The van der Waals surface area contributed by atoms with Crippen LogP contribution in [0.25, 0.3) is 0 Å². The normalized spacial score (nSPS) is 32.3. The Kier molecular flexibility index (Phi) is 4.08. The molecule has 104 valence electrons. The summed E-state index contributed by atoms with van der Waals surface area (Å²) in [7, 11) is -0.461. The summed E-state index contributed by atoms with van der Waals surface area (Å²) in [5, 5.41) is 9.56. The van der Waals surface area contributed by atoms with Gasteiger partial charge < -0.3 is 24.9 Å². The van der Waals surface area contributed by atoms with Crippen molar-refractivity contribution in [1.82, 2.24) is 0 Å². The van der Waals surface area contributed by atoms with E-state index in [1.54, 1.807) is 6.26 Å². The summed E-state index contributed by atoms with van der Waals surface area (Å²) in [6.45, 7) is 2.56. The van der Waals surface area contributed by atoms with Crippen molar-refractivity contribution in [1.29, 1.82) is 0 Å². The Labute approximate surface area is 118 Å². The Morgan fingerprint density at radius 3 is 3.05 bits per heavy atom. The molecule has 0 bridgehead atoms. The third-order valence-corrected chi connectivity index (χ3v) is 3.65. The van der Waals surface area contributed by atoms with Gasteiger partial charge in [0, 0.05) is 6.54 Å². The van der Waals surface area contributed by atoms with E-state index in [-0.39, 0.29) is 25.1 Å². The number of nitrogens with two attached hydrogens (primary N) is 1. The van der Waals surface area contributed by atoms with Gasteiger partial charge in [-0.05, 0) is 35.7 Å². The summed E-state index contributed by atoms with van der Waals surface area (Å²) in [4.78, 5) is 0. The fourth-order valence-electron chi connectivity index (χ4n) is 2.57. The number of halogens is 1. The molecule has 3 aliphatic rings. The molecule has 7 heteroatoms. The van der Waals surface area contributed by atoms with Crippen molar-refractivity contribution < 1.29 is 19.2 Å². The van der Waals surface area contributed by atoms with Crippen molar-refractivity contribution >= 4 is 19.5 Å². The van der Waals surface area contributed by atoms with Crippen LogP contribution >= 0.6 is 12.4 Å². The quantitative estimate of drug-likeness (QED) is 0.716. The lowest BCUT2D eigenvalue weighted by Gasteiger charge is -2.27. The Balaban J connectivity index is 0.00000133. The zero-order valence-electron chi connectivity index (χ0n) is 10.7. The van der Waals surface area contributed by atoms with Gasteiger partial charge in [0.1, 0.15) is 6.61 Å². The molecular weight excluding hydrogens is 268 g/mol. The van der Waals surface area contributed by atoms with Crippen molar-refractivity contribution in [3.05, 3.63) is 35.0 Å². The fraction of sp³-hybridized carbons (Fsp3) is 0.500. The maximum absolute atomic E-state index is 9.56. The van der Waals surface area contributed by atoms with Gasteiger partial charge in [-0.15, -0.1) is 12.4 Å². The monoisotopic (exact) mass is 285 g/mol. The number of hydrogen-bond acceptors (Lipinski definition) is 5. The smallest absolute Gasteiger partial charge is 0.495 e. The van der Waals surface area contributed by atoms with Crippen LogP contribution in [-0.2, 0) is 14.0 Å². The number of allylic oxidation sites excluding steroid dienone is 3. The maximum Gasteiger partial charge on any atom is 0.495 e. The standard InChI is InChI=1S/C12H16BNO4.ClH/c1-12(7-15)10-6-16-3-2-8-4-9(5-14)17-13(18-12)11(8)10;/h2-4,9,15H,5-7,14H2,1H3;1H. The van der Waals surface area contributed by atoms with E-state index in [0.717, 1.165) is 16.6 Å². The molecule has 0 radical (unpaired) electrons. The third kappa shape index (κ3) is 2.24. The molecule has 0 aromatic heterocycles. The molecule has 0 amide bonds. The van der Waals surface area contributed by atoms with Crippen LogP contribution in [0.3, 0.4) is 0 Å². The van der Waals surface area contributed by atoms with Crippen LogP contribution in [-0.4, -0.2) is 43.7 Å². The molecule has 0 saturated heterocycles. The number of ether oxygens (including phenoxy) is 1. The van der Waals surface area contributed by atoms with Crippen LogP contribution < -0.4 is 5.73 Å². The fourth-order valence-corrected chi connectivity index (χ4v) is 2.57. The van der Waals surface area contributed by atoms with Gasteiger partial charge in [-0.3, -0.25) is 0 Å². The lowest BCUT2D eigenvalue weighted by molar-refractivity contribution is 0.0298. The topological polar surface area (TPSA) is 73.9 Å². The first-order chi connectivity index (χ1) is 8.68. The second-order valence-corrected chi connectivity index (χ2v) is 4.88. The van der Waals surface area contributed by atoms with Crippen molar-refractivity contribution in [3.63, 3.8) is 0 Å². The zero-order valence-corrected chi connectivity index (χ0v) is 11.5. The molecule has 5 nitrogen and oxygen atoms in total. The highest BCUT2D eigenvalue weighted by molar-refractivity contribution is 6.57. The molecule has 0 spiro atoms. The lowest BCUT2D eigenvalue weighted by Crippen LogP contribution is -2.40. The van der Waals surface area contributed by atoms with Crippen molar-refractivity contribution in [2.45, 2.75) is 18.6 Å². The highest BCUT2D eigenvalue weighted by atomic mass is 35.5. The Hall–Kier alpha value is -0.785. The highest BCUT2D eigenvalue weighted by Gasteiger charge is 2.50. The summed E-state index contributed by atoms with van der Waals surface area (Å²) >= 11 is 0. The molecule has 3 rings (SSSR count). The first-order valence-electron chi connectivity index (χ1n) is 6.06. The molecule has 3 aliphatic heterocycles. The van der Waals surface area contributed by atoms with Crippen LogP contribution in [0, 0.1) is 0 Å². The van der Waals surface area contributed by atoms with E-state index < -0.39 is 12.7 Å². The molecule has 0 saturated carbocycles. The average molecular weight is 286 g/mol. The van der Waals surface area contributed by atoms with Crippen molar-refractivity contribution in [2.24, 2.45) is 5.73 Å². The van der Waals surface area contributed by atoms with Gasteiger partial charge >= 0.3 is 7.12 Å². The zero-order chi connectivity index (χ0) is 12.8. The molecule has 19 heavy (non-hydrogen) atoms. The van der Waals surface area contributed by atoms with Crippen LogP contribution in [0.5, 0.6) is 0 Å². The van der Waals surface area contributed by atoms with E-state index in [1.807, 2.05) is 19.1 Å². The van der Waals surface area contributed by atoms with E-state index in [1.165, 1.54) is 0 Å². The summed E-state index contributed by atoms with van der Waals surface area (Å²) in [6.07, 6.45) is 5.37. The summed E-state index contributed by atoms with van der Waals surface area (Å²) < 4.78 is 17.0. The minimum atomic E-state index is -0.741. The van der Waals surface area contributed by atoms with Crippen LogP contribution in [0.15, 0.2) is 35.0 Å². The van der Waals surface area contributed by atoms with E-state index in [4.69, 9.17) is 19.8 Å². The Morgan fingerprint density at radius 1 is 1.58 bits per heavy atom. The molecule has 0 fully saturated rings. The van der Waals surface area contributed by atoms with E-state index in [9.17, 15) is 5.11 Å². The van der Waals surface area contributed by atoms with Gasteiger partial charge in [-0.1, -0.05) is 0 Å². The molecule has 2 unspecified atom stereocenters. The van der Waals surface area contributed by atoms with Crippen LogP contribution in [0.1, 0.15) is 6.92 Å². The SMILES string of the molecule is CC1(CO)OB2OC(CN)C=C3C=COCC1=C23.Cl. The second-order valence-electron chi connectivity index (χ2n) is 4.88. The minimum Gasteiger partial charge on any atom is -0.497 e. The average Bonchev–Trinajstić information content (AvgIpc) is 2.53. The minimum absolute atomic E-state index is 0. The molecule has 0 aromatic rings. The van der Waals surface area contributed by atoms with Gasteiger partial charge in [0.15, 0.2) is 0 Å². The second kappa shape index (κ2) is 5.30. The Bertz CT molecular complexity index is 465. The largest absolute Gasteiger partial charge is 0.497 e. The van der Waals surface area contributed by atoms with Gasteiger partial charge in [-0.2, -0.15) is 0 Å². The molecule has 2 atom stereocenters. The summed E-state index contributed by atoms with van der Waals surface area (Å²) in [6, 6.07) is 0. The summed E-state index contributed by atoms with van der Waals surface area (Å²) in [5.41, 5.74) is 7.85. The van der Waals surface area contributed by atoms with Crippen LogP contribution in [0.4, 0.5) is 0 Å². The van der Waals surface area contributed by atoms with E-state index >= 15 is 0 Å². The van der Waals surface area contributed by atoms with Crippen molar-refractivity contribution in [3.8, 4) is 0 Å². The number of aliphatic hydroxyl groups excluding tert-OH is 1. The van der Waals surface area contributed by atoms with Crippen LogP contribution in [0.2, 0.25) is 0 Å². The maximum atomic E-state index is 9.56. The number of rotatable bonds is 2. The predicted molar refractivity (Wildman–Crippen MR) is 73.7 cm³/mol. The van der Waals surface area contributed by atoms with Gasteiger partial charge in [0.05, 0.1) is 24.6 Å². The van der Waals surface area contributed by atoms with Gasteiger partial charge in [-0.25, -0.2) is 0 Å². The first-order valence-corrected chi connectivity index (χ1v) is 6.06. The summed E-state index contributed by atoms with van der Waals surface area (Å²) in [5.74, 6) is 0. The molecule has 3 heterocycles. The van der Waals surface area contributed by atoms with Gasteiger partial charge in [0.25, 0.3) is 0 Å². The molecule has 0 aliphatic carbocycles. The van der Waals surface area contributed by atoms with Gasteiger partial charge in [0.2, 0.25) is 0 Å². The van der Waals surface area contributed by atoms with Crippen molar-refractivity contribution in [2.75, 3.05) is 19.8 Å². The third-order valence-electron chi connectivity index (χ3n) is 3.65. The molecule has 0 aromatic carbocycles. The number of aliphatic hydroxyl groups is 1. The van der Waals surface area contributed by atoms with E-state index in [0.29, 0.717) is 13.2 Å². The first kappa shape index (κ1) is 14.6. The molecular formula is C12H17BClNO4. The lowest BCUT2D eigenvalue weighted by atomic mass is 9.70. The Morgan fingerprint density at radius 2 is 2.37 bits per heavy atom. The number of hydrogen-bond donors (Lipinski definition) is 2.